The standard InChI is InChI=1S/C14H15ClN4O3/c1-3-18(4-2)9-10(8-16)14(20)17-11-5-6-12(15)13(7-11)19(21)22/h5-7,9H,3-4H2,1-2H3,(H,17,20)/b10-9-. The van der Waals surface area contributed by atoms with E-state index in [1.807, 2.05) is 19.9 Å². The number of carbonyl (C=O) groups excluding carboxylic acids is 1. The summed E-state index contributed by atoms with van der Waals surface area (Å²) in [5, 5.41) is 22.3. The molecule has 1 N–H and O–H groups in total. The third-order valence-corrected chi connectivity index (χ3v) is 3.21. The summed E-state index contributed by atoms with van der Waals surface area (Å²) in [5.74, 6) is -0.633. The monoisotopic (exact) mass is 322 g/mol. The van der Waals surface area contributed by atoms with Gasteiger partial charge < -0.3 is 10.2 Å². The fourth-order valence-electron chi connectivity index (χ4n) is 1.66. The zero-order valence-electron chi connectivity index (χ0n) is 12.2. The Morgan fingerprint density at radius 2 is 2.14 bits per heavy atom. The zero-order valence-corrected chi connectivity index (χ0v) is 12.9. The average Bonchev–Trinajstić information content (AvgIpc) is 2.50. The zero-order chi connectivity index (χ0) is 16.7. The van der Waals surface area contributed by atoms with Crippen molar-refractivity contribution in [2.45, 2.75) is 13.8 Å². The fourth-order valence-corrected chi connectivity index (χ4v) is 1.84. The Labute approximate surface area is 132 Å². The van der Waals surface area contributed by atoms with Gasteiger partial charge in [-0.1, -0.05) is 11.6 Å². The van der Waals surface area contributed by atoms with Crippen molar-refractivity contribution < 1.29 is 9.72 Å². The molecule has 0 saturated heterocycles. The second-order valence-electron chi connectivity index (χ2n) is 4.25. The Kier molecular flexibility index (Phi) is 6.35. The van der Waals surface area contributed by atoms with Crippen LogP contribution in [0.5, 0.6) is 0 Å². The minimum Gasteiger partial charge on any atom is -0.377 e. The van der Waals surface area contributed by atoms with Gasteiger partial charge in [-0.25, -0.2) is 0 Å². The van der Waals surface area contributed by atoms with Crippen molar-refractivity contribution in [3.05, 3.63) is 45.1 Å². The summed E-state index contributed by atoms with van der Waals surface area (Å²) in [4.78, 5) is 24.0. The normalized spacial score (nSPS) is 10.7. The van der Waals surface area contributed by atoms with Crippen molar-refractivity contribution >= 4 is 28.9 Å². The molecule has 0 saturated carbocycles. The molecule has 116 valence electrons. The van der Waals surface area contributed by atoms with Crippen LogP contribution in [0.2, 0.25) is 5.02 Å². The maximum atomic E-state index is 12.0. The first-order valence-corrected chi connectivity index (χ1v) is 6.92. The predicted molar refractivity (Wildman–Crippen MR) is 83.4 cm³/mol. The van der Waals surface area contributed by atoms with E-state index < -0.39 is 10.8 Å². The first-order chi connectivity index (χ1) is 10.4. The van der Waals surface area contributed by atoms with Gasteiger partial charge in [-0.05, 0) is 26.0 Å². The lowest BCUT2D eigenvalue weighted by Crippen LogP contribution is -2.20. The molecule has 1 rings (SSSR count). The second-order valence-corrected chi connectivity index (χ2v) is 4.66. The van der Waals surface area contributed by atoms with Crippen LogP contribution in [0.25, 0.3) is 0 Å². The van der Waals surface area contributed by atoms with Crippen LogP contribution in [0.15, 0.2) is 30.0 Å². The smallest absolute Gasteiger partial charge is 0.289 e. The van der Waals surface area contributed by atoms with E-state index in [1.165, 1.54) is 18.3 Å². The van der Waals surface area contributed by atoms with Gasteiger partial charge in [0.05, 0.1) is 4.92 Å². The molecule has 0 fully saturated rings. The van der Waals surface area contributed by atoms with Crippen LogP contribution in [0.4, 0.5) is 11.4 Å². The fraction of sp³-hybridized carbons (Fsp3) is 0.286. The molecule has 0 aromatic heterocycles. The molecule has 0 aliphatic carbocycles. The summed E-state index contributed by atoms with van der Waals surface area (Å²) in [6.45, 7) is 5.10. The summed E-state index contributed by atoms with van der Waals surface area (Å²) >= 11 is 5.70. The van der Waals surface area contributed by atoms with Gasteiger partial charge in [0, 0.05) is 31.0 Å². The molecule has 0 spiro atoms. The number of benzene rings is 1. The van der Waals surface area contributed by atoms with Crippen LogP contribution in [0.1, 0.15) is 13.8 Å². The van der Waals surface area contributed by atoms with E-state index in [0.717, 1.165) is 6.07 Å². The number of nitro groups is 1. The number of nitrogens with one attached hydrogen (secondary N) is 1. The van der Waals surface area contributed by atoms with E-state index in [0.29, 0.717) is 13.1 Å². The van der Waals surface area contributed by atoms with Gasteiger partial charge in [0.15, 0.2) is 0 Å². The first-order valence-electron chi connectivity index (χ1n) is 6.54. The number of amides is 1. The molecule has 0 radical (unpaired) electrons. The van der Waals surface area contributed by atoms with Crippen LogP contribution < -0.4 is 5.32 Å². The summed E-state index contributed by atoms with van der Waals surface area (Å²) in [7, 11) is 0. The van der Waals surface area contributed by atoms with E-state index in [1.54, 1.807) is 4.90 Å². The van der Waals surface area contributed by atoms with Gasteiger partial charge in [-0.2, -0.15) is 5.26 Å². The Morgan fingerprint density at radius 1 is 1.50 bits per heavy atom. The lowest BCUT2D eigenvalue weighted by molar-refractivity contribution is -0.384. The van der Waals surface area contributed by atoms with E-state index in [4.69, 9.17) is 16.9 Å². The van der Waals surface area contributed by atoms with Crippen LogP contribution in [0, 0.1) is 21.4 Å². The predicted octanol–water partition coefficient (Wildman–Crippen LogP) is 2.94. The van der Waals surface area contributed by atoms with Crippen molar-refractivity contribution in [1.29, 1.82) is 5.26 Å². The van der Waals surface area contributed by atoms with Crippen molar-refractivity contribution in [2.75, 3.05) is 18.4 Å². The molecule has 0 bridgehead atoms. The quantitative estimate of drug-likeness (QED) is 0.375. The van der Waals surface area contributed by atoms with Gasteiger partial charge in [-0.3, -0.25) is 14.9 Å². The molecule has 7 nitrogen and oxygen atoms in total. The number of rotatable bonds is 6. The Morgan fingerprint density at radius 3 is 2.64 bits per heavy atom. The number of hydrogen-bond donors (Lipinski definition) is 1. The number of anilines is 1. The second kappa shape index (κ2) is 8.00. The number of halogens is 1. The molecular weight excluding hydrogens is 308 g/mol. The third-order valence-electron chi connectivity index (χ3n) is 2.89. The van der Waals surface area contributed by atoms with Gasteiger partial charge in [0.2, 0.25) is 0 Å². The highest BCUT2D eigenvalue weighted by atomic mass is 35.5. The molecule has 0 atom stereocenters. The molecule has 0 aliphatic heterocycles. The van der Waals surface area contributed by atoms with E-state index in [9.17, 15) is 14.9 Å². The molecule has 0 aliphatic rings. The van der Waals surface area contributed by atoms with Gasteiger partial charge >= 0.3 is 0 Å². The molecule has 0 unspecified atom stereocenters. The maximum absolute atomic E-state index is 12.0. The Balaban J connectivity index is 2.99. The van der Waals surface area contributed by atoms with E-state index >= 15 is 0 Å². The highest BCUT2D eigenvalue weighted by Crippen LogP contribution is 2.27. The van der Waals surface area contributed by atoms with Crippen molar-refractivity contribution in [3.63, 3.8) is 0 Å². The van der Waals surface area contributed by atoms with Crippen molar-refractivity contribution in [2.24, 2.45) is 0 Å². The lowest BCUT2D eigenvalue weighted by Gasteiger charge is -2.15. The average molecular weight is 323 g/mol. The topological polar surface area (TPSA) is 99.3 Å². The minimum absolute atomic E-state index is 0.0258. The van der Waals surface area contributed by atoms with E-state index in [-0.39, 0.29) is 22.0 Å². The molecule has 1 amide bonds. The molecule has 0 heterocycles. The van der Waals surface area contributed by atoms with Gasteiger partial charge in [0.1, 0.15) is 16.7 Å². The molecular formula is C14H15ClN4O3. The number of nitro benzene ring substituents is 1. The number of carbonyl (C=O) groups is 1. The Bertz CT molecular complexity index is 648. The molecule has 8 heteroatoms. The van der Waals surface area contributed by atoms with Crippen LogP contribution in [0.3, 0.4) is 0 Å². The van der Waals surface area contributed by atoms with Gasteiger partial charge in [-0.15, -0.1) is 0 Å². The largest absolute Gasteiger partial charge is 0.377 e. The molecule has 1 aromatic carbocycles. The van der Waals surface area contributed by atoms with Crippen LogP contribution in [-0.2, 0) is 4.79 Å². The van der Waals surface area contributed by atoms with Crippen molar-refractivity contribution in [1.82, 2.24) is 4.90 Å². The van der Waals surface area contributed by atoms with Gasteiger partial charge in [0.25, 0.3) is 11.6 Å². The summed E-state index contributed by atoms with van der Waals surface area (Å²) in [6, 6.07) is 5.71. The molecule has 22 heavy (non-hydrogen) atoms. The Hall–Kier alpha value is -2.59. The molecule has 1 aromatic rings. The lowest BCUT2D eigenvalue weighted by atomic mass is 10.2. The number of hydrogen-bond acceptors (Lipinski definition) is 5. The summed E-state index contributed by atoms with van der Waals surface area (Å²) < 4.78 is 0. The highest BCUT2D eigenvalue weighted by molar-refractivity contribution is 6.32. The highest BCUT2D eigenvalue weighted by Gasteiger charge is 2.16. The van der Waals surface area contributed by atoms with Crippen molar-refractivity contribution in [3.8, 4) is 6.07 Å². The number of nitrogens with zero attached hydrogens (tertiary/aromatic N) is 3. The SMILES string of the molecule is CCN(/C=C(/C#N)C(=O)Nc1ccc(Cl)c([N+](=O)[O-])c1)CC. The van der Waals surface area contributed by atoms with Crippen LogP contribution >= 0.6 is 11.6 Å². The number of nitriles is 1. The summed E-state index contributed by atoms with van der Waals surface area (Å²) in [5.41, 5.74) is -0.200. The van der Waals surface area contributed by atoms with E-state index in [2.05, 4.69) is 5.32 Å². The maximum Gasteiger partial charge on any atom is 0.289 e. The first kappa shape index (κ1) is 17.5. The minimum atomic E-state index is -0.644. The summed E-state index contributed by atoms with van der Waals surface area (Å²) in [6.07, 6.45) is 1.46. The third kappa shape index (κ3) is 4.46. The van der Waals surface area contributed by atoms with Crippen LogP contribution in [-0.4, -0.2) is 28.8 Å².